The van der Waals surface area contributed by atoms with Crippen molar-refractivity contribution in [3.63, 3.8) is 0 Å². The fourth-order valence-electron chi connectivity index (χ4n) is 5.10. The molecule has 0 spiro atoms. The first-order valence-electron chi connectivity index (χ1n) is 9.72. The minimum Gasteiger partial charge on any atom is -0.374 e. The molecular weight excluding hydrogens is 290 g/mol. The molecule has 4 fully saturated rings. The Hall–Kier alpha value is -0.810. The number of rotatable bonds is 4. The molecule has 4 aliphatic heterocycles. The molecule has 2 bridgehead atoms. The van der Waals surface area contributed by atoms with Crippen molar-refractivity contribution in [2.24, 2.45) is 11.8 Å². The SMILES string of the molecule is O=C(NCCCN1CCCCCC1)N1C[C@H]2[C@H](C1)[C@H]1CC[C@H]2O1. The Balaban J connectivity index is 1.15. The highest BCUT2D eigenvalue weighted by molar-refractivity contribution is 5.74. The summed E-state index contributed by atoms with van der Waals surface area (Å²) < 4.78 is 5.98. The molecule has 4 heterocycles. The van der Waals surface area contributed by atoms with Gasteiger partial charge >= 0.3 is 6.03 Å². The highest BCUT2D eigenvalue weighted by atomic mass is 16.5. The van der Waals surface area contributed by atoms with E-state index in [9.17, 15) is 4.79 Å². The Kier molecular flexibility index (Phi) is 4.76. The van der Waals surface area contributed by atoms with Crippen molar-refractivity contribution in [1.82, 2.24) is 15.1 Å². The lowest BCUT2D eigenvalue weighted by Gasteiger charge is -2.21. The molecule has 130 valence electrons. The van der Waals surface area contributed by atoms with Gasteiger partial charge in [0.05, 0.1) is 12.2 Å². The van der Waals surface area contributed by atoms with Crippen LogP contribution in [0.25, 0.3) is 0 Å². The van der Waals surface area contributed by atoms with Gasteiger partial charge in [-0.05, 0) is 51.7 Å². The normalized spacial score (nSPS) is 37.0. The summed E-state index contributed by atoms with van der Waals surface area (Å²) in [6.07, 6.45) is 9.80. The van der Waals surface area contributed by atoms with E-state index in [-0.39, 0.29) is 6.03 Å². The Labute approximate surface area is 139 Å². The van der Waals surface area contributed by atoms with Crippen LogP contribution in [0, 0.1) is 11.8 Å². The van der Waals surface area contributed by atoms with Gasteiger partial charge in [0, 0.05) is 31.5 Å². The first kappa shape index (κ1) is 15.7. The van der Waals surface area contributed by atoms with E-state index in [1.807, 2.05) is 4.90 Å². The van der Waals surface area contributed by atoms with Gasteiger partial charge in [0.15, 0.2) is 0 Å². The van der Waals surface area contributed by atoms with Gasteiger partial charge in [-0.1, -0.05) is 12.8 Å². The van der Waals surface area contributed by atoms with Crippen molar-refractivity contribution in [2.75, 3.05) is 39.3 Å². The maximum absolute atomic E-state index is 12.4. The molecule has 5 heteroatoms. The van der Waals surface area contributed by atoms with Crippen molar-refractivity contribution in [2.45, 2.75) is 57.2 Å². The van der Waals surface area contributed by atoms with Gasteiger partial charge in [0.25, 0.3) is 0 Å². The zero-order valence-electron chi connectivity index (χ0n) is 14.2. The van der Waals surface area contributed by atoms with Gasteiger partial charge in [-0.3, -0.25) is 0 Å². The first-order valence-corrected chi connectivity index (χ1v) is 9.72. The van der Waals surface area contributed by atoms with Crippen LogP contribution in [-0.2, 0) is 4.74 Å². The lowest BCUT2D eigenvalue weighted by molar-refractivity contribution is 0.0739. The molecule has 0 aromatic carbocycles. The van der Waals surface area contributed by atoms with E-state index < -0.39 is 0 Å². The lowest BCUT2D eigenvalue weighted by Crippen LogP contribution is -2.41. The summed E-state index contributed by atoms with van der Waals surface area (Å²) in [7, 11) is 0. The maximum atomic E-state index is 12.4. The van der Waals surface area contributed by atoms with Crippen LogP contribution in [-0.4, -0.2) is 67.3 Å². The van der Waals surface area contributed by atoms with E-state index in [1.54, 1.807) is 0 Å². The standard InChI is InChI=1S/C18H31N3O2/c22-18(19-8-5-11-20-9-3-1-2-4-10-20)21-12-14-15(13-21)17-7-6-16(14)23-17/h14-17H,1-13H2,(H,19,22)/t14-,15-,16+,17+/m0/s1. The van der Waals surface area contributed by atoms with Gasteiger partial charge < -0.3 is 19.9 Å². The molecule has 0 aliphatic carbocycles. The Bertz CT molecular complexity index is 404. The summed E-state index contributed by atoms with van der Waals surface area (Å²) in [6.45, 7) is 6.24. The third-order valence-corrected chi connectivity index (χ3v) is 6.37. The van der Waals surface area contributed by atoms with E-state index in [4.69, 9.17) is 4.74 Å². The molecule has 0 radical (unpaired) electrons. The van der Waals surface area contributed by atoms with Gasteiger partial charge in [-0.15, -0.1) is 0 Å². The summed E-state index contributed by atoms with van der Waals surface area (Å²) in [5, 5.41) is 3.14. The predicted molar refractivity (Wildman–Crippen MR) is 89.4 cm³/mol. The van der Waals surface area contributed by atoms with Crippen LogP contribution < -0.4 is 5.32 Å². The van der Waals surface area contributed by atoms with E-state index in [0.717, 1.165) is 32.6 Å². The van der Waals surface area contributed by atoms with Crippen molar-refractivity contribution >= 4 is 6.03 Å². The van der Waals surface area contributed by atoms with Crippen LogP contribution in [0.3, 0.4) is 0 Å². The van der Waals surface area contributed by atoms with Crippen molar-refractivity contribution in [1.29, 1.82) is 0 Å². The van der Waals surface area contributed by atoms with Crippen molar-refractivity contribution < 1.29 is 9.53 Å². The van der Waals surface area contributed by atoms with Crippen LogP contribution in [0.15, 0.2) is 0 Å². The number of carbonyl (C=O) groups excluding carboxylic acids is 1. The van der Waals surface area contributed by atoms with Gasteiger partial charge in [-0.2, -0.15) is 0 Å². The van der Waals surface area contributed by atoms with E-state index in [0.29, 0.717) is 24.0 Å². The molecule has 23 heavy (non-hydrogen) atoms. The molecule has 1 N–H and O–H groups in total. The second kappa shape index (κ2) is 6.98. The van der Waals surface area contributed by atoms with E-state index in [1.165, 1.54) is 51.6 Å². The number of likely N-dealkylation sites (tertiary alicyclic amines) is 2. The average Bonchev–Trinajstić information content (AvgIpc) is 3.21. The zero-order valence-corrected chi connectivity index (χ0v) is 14.2. The quantitative estimate of drug-likeness (QED) is 0.806. The minimum atomic E-state index is 0.148. The topological polar surface area (TPSA) is 44.8 Å². The number of fused-ring (bicyclic) bond motifs is 5. The molecular formula is C18H31N3O2. The Morgan fingerprint density at radius 2 is 1.65 bits per heavy atom. The monoisotopic (exact) mass is 321 g/mol. The Morgan fingerprint density at radius 1 is 1.00 bits per heavy atom. The van der Waals surface area contributed by atoms with Crippen LogP contribution in [0.2, 0.25) is 0 Å². The third kappa shape index (κ3) is 3.36. The molecule has 0 saturated carbocycles. The van der Waals surface area contributed by atoms with Crippen molar-refractivity contribution in [3.05, 3.63) is 0 Å². The molecule has 4 saturated heterocycles. The summed E-state index contributed by atoms with van der Waals surface area (Å²) >= 11 is 0. The largest absolute Gasteiger partial charge is 0.374 e. The van der Waals surface area contributed by atoms with Crippen LogP contribution in [0.5, 0.6) is 0 Å². The molecule has 0 unspecified atom stereocenters. The second-order valence-electron chi connectivity index (χ2n) is 7.86. The number of urea groups is 1. The third-order valence-electron chi connectivity index (χ3n) is 6.37. The van der Waals surface area contributed by atoms with E-state index >= 15 is 0 Å². The molecule has 4 aliphatic rings. The van der Waals surface area contributed by atoms with E-state index in [2.05, 4.69) is 10.2 Å². The highest BCUT2D eigenvalue weighted by Crippen LogP contribution is 2.47. The zero-order chi connectivity index (χ0) is 15.6. The average molecular weight is 321 g/mol. The van der Waals surface area contributed by atoms with Gasteiger partial charge in [0.2, 0.25) is 0 Å². The number of hydrogen-bond donors (Lipinski definition) is 1. The number of carbonyl (C=O) groups is 1. The molecule has 0 aromatic rings. The fourth-order valence-corrected chi connectivity index (χ4v) is 5.10. The number of nitrogens with zero attached hydrogens (tertiary/aromatic N) is 2. The van der Waals surface area contributed by atoms with Crippen LogP contribution in [0.4, 0.5) is 4.79 Å². The molecule has 5 nitrogen and oxygen atoms in total. The summed E-state index contributed by atoms with van der Waals surface area (Å²) in [4.78, 5) is 17.0. The second-order valence-corrected chi connectivity index (χ2v) is 7.86. The van der Waals surface area contributed by atoms with Crippen LogP contribution >= 0.6 is 0 Å². The van der Waals surface area contributed by atoms with Gasteiger partial charge in [0.1, 0.15) is 0 Å². The summed E-state index contributed by atoms with van der Waals surface area (Å²) in [5.74, 6) is 1.22. The van der Waals surface area contributed by atoms with Gasteiger partial charge in [-0.25, -0.2) is 4.79 Å². The molecule has 4 atom stereocenters. The predicted octanol–water partition coefficient (Wildman–Crippen LogP) is 2.07. The smallest absolute Gasteiger partial charge is 0.317 e. The van der Waals surface area contributed by atoms with Crippen molar-refractivity contribution in [3.8, 4) is 0 Å². The Morgan fingerprint density at radius 3 is 2.30 bits per heavy atom. The summed E-state index contributed by atoms with van der Waals surface area (Å²) in [6, 6.07) is 0.148. The fraction of sp³-hybridized carbons (Fsp3) is 0.944. The highest BCUT2D eigenvalue weighted by Gasteiger charge is 2.53. The molecule has 0 aromatic heterocycles. The molecule has 2 amide bonds. The summed E-state index contributed by atoms with van der Waals surface area (Å²) in [5.41, 5.74) is 0. The first-order chi connectivity index (χ1) is 11.3. The number of nitrogens with one attached hydrogen (secondary N) is 1. The number of amides is 2. The maximum Gasteiger partial charge on any atom is 0.317 e. The number of ether oxygens (including phenoxy) is 1. The van der Waals surface area contributed by atoms with Crippen LogP contribution in [0.1, 0.15) is 44.9 Å². The number of hydrogen-bond acceptors (Lipinski definition) is 3. The lowest BCUT2D eigenvalue weighted by atomic mass is 9.82. The molecule has 4 rings (SSSR count). The minimum absolute atomic E-state index is 0.148.